The Morgan fingerprint density at radius 3 is 2.38 bits per heavy atom. The molecule has 50 valence electrons. The Bertz CT molecular complexity index is 37.3. The van der Waals surface area contributed by atoms with Crippen molar-refractivity contribution in [1.29, 1.82) is 0 Å². The number of hydrogen-bond donors (Lipinski definition) is 0. The van der Waals surface area contributed by atoms with Crippen molar-refractivity contribution in [3.8, 4) is 0 Å². The van der Waals surface area contributed by atoms with E-state index in [9.17, 15) is 0 Å². The Morgan fingerprint density at radius 1 is 1.38 bits per heavy atom. The number of unbranched alkanes of at least 4 members (excludes halogenated alkanes) is 2. The average molecular weight is 113 g/mol. The zero-order valence-corrected chi connectivity index (χ0v) is 6.28. The van der Waals surface area contributed by atoms with Crippen molar-refractivity contribution in [2.45, 2.75) is 40.0 Å². The van der Waals surface area contributed by atoms with E-state index in [0.717, 1.165) is 5.92 Å². The predicted molar refractivity (Wildman–Crippen MR) is 38.7 cm³/mol. The molecule has 0 atom stereocenters. The second kappa shape index (κ2) is 5.14. The van der Waals surface area contributed by atoms with E-state index in [1.807, 2.05) is 0 Å². The summed E-state index contributed by atoms with van der Waals surface area (Å²) in [6.07, 6.45) is 6.28. The van der Waals surface area contributed by atoms with E-state index in [-0.39, 0.29) is 0 Å². The van der Waals surface area contributed by atoms with E-state index < -0.39 is 0 Å². The smallest absolute Gasteiger partial charge is 0.0472 e. The molecule has 0 amide bonds. The van der Waals surface area contributed by atoms with Gasteiger partial charge in [0.2, 0.25) is 0 Å². The summed E-state index contributed by atoms with van der Waals surface area (Å²) in [6, 6.07) is 0. The lowest BCUT2D eigenvalue weighted by Crippen LogP contribution is -1.85. The maximum absolute atomic E-state index is 2.27. The first-order valence-electron chi connectivity index (χ1n) is 3.55. The number of hydrogen-bond acceptors (Lipinski definition) is 0. The van der Waals surface area contributed by atoms with Gasteiger partial charge in [-0.2, -0.15) is 13.3 Å². The molecule has 0 saturated carbocycles. The second-order valence-corrected chi connectivity index (χ2v) is 2.73. The topological polar surface area (TPSA) is 0 Å². The van der Waals surface area contributed by atoms with E-state index in [1.165, 1.54) is 19.3 Å². The van der Waals surface area contributed by atoms with Crippen LogP contribution in [-0.2, 0) is 0 Å². The van der Waals surface area contributed by atoms with Crippen molar-refractivity contribution >= 4 is 0 Å². The molecule has 8 heavy (non-hydrogen) atoms. The van der Waals surface area contributed by atoms with Crippen LogP contribution in [0.4, 0.5) is 0 Å². The molecule has 0 radical (unpaired) electrons. The molecule has 0 heteroatoms. The van der Waals surface area contributed by atoms with Crippen LogP contribution in [-0.4, -0.2) is 0 Å². The lowest BCUT2D eigenvalue weighted by atomic mass is 10.1. The van der Waals surface area contributed by atoms with Crippen molar-refractivity contribution in [3.05, 3.63) is 6.42 Å². The van der Waals surface area contributed by atoms with Gasteiger partial charge >= 0.3 is 0 Å². The molecule has 0 rings (SSSR count). The van der Waals surface area contributed by atoms with Gasteiger partial charge in [-0.1, -0.05) is 26.7 Å². The third-order valence-corrected chi connectivity index (χ3v) is 1.27. The molecule has 0 aromatic heterocycles. The van der Waals surface area contributed by atoms with Crippen molar-refractivity contribution in [2.75, 3.05) is 0 Å². The summed E-state index contributed by atoms with van der Waals surface area (Å²) in [6.45, 7) is 6.67. The highest BCUT2D eigenvalue weighted by atomic mass is 14.0. The Kier molecular flexibility index (Phi) is 5.14. The molecule has 0 aliphatic heterocycles. The van der Waals surface area contributed by atoms with Gasteiger partial charge in [-0.25, -0.2) is 0 Å². The molecule has 0 heterocycles. The summed E-state index contributed by atoms with van der Waals surface area (Å²) in [5, 5.41) is 0. The van der Waals surface area contributed by atoms with Crippen LogP contribution in [0.25, 0.3) is 0 Å². The molecule has 0 aliphatic carbocycles. The van der Waals surface area contributed by atoms with Crippen LogP contribution in [0.15, 0.2) is 0 Å². The van der Waals surface area contributed by atoms with Crippen LogP contribution in [0, 0.1) is 12.3 Å². The van der Waals surface area contributed by atoms with Crippen LogP contribution in [0.3, 0.4) is 0 Å². The highest BCUT2D eigenvalue weighted by Gasteiger charge is 1.87. The first-order chi connectivity index (χ1) is 3.77. The monoisotopic (exact) mass is 113 g/mol. The van der Waals surface area contributed by atoms with Crippen LogP contribution >= 0.6 is 0 Å². The van der Waals surface area contributed by atoms with Crippen molar-refractivity contribution in [2.24, 2.45) is 5.92 Å². The van der Waals surface area contributed by atoms with Crippen LogP contribution < -0.4 is 0 Å². The van der Waals surface area contributed by atoms with Gasteiger partial charge in [-0.3, -0.25) is 0 Å². The molecule has 0 spiro atoms. The van der Waals surface area contributed by atoms with Crippen molar-refractivity contribution in [1.82, 2.24) is 0 Å². The normalized spacial score (nSPS) is 10.5. The highest BCUT2D eigenvalue weighted by Crippen LogP contribution is 2.06. The number of rotatable bonds is 4. The summed E-state index contributed by atoms with van der Waals surface area (Å²) in [7, 11) is 0. The lowest BCUT2D eigenvalue weighted by Gasteiger charge is -2.05. The van der Waals surface area contributed by atoms with Crippen LogP contribution in [0.5, 0.6) is 0 Å². The SMILES string of the molecule is C[CH-]CCCC(C)C. The third kappa shape index (κ3) is 6.00. The fourth-order valence-electron chi connectivity index (χ4n) is 0.730. The van der Waals surface area contributed by atoms with E-state index in [4.69, 9.17) is 0 Å². The zero-order chi connectivity index (χ0) is 6.41. The van der Waals surface area contributed by atoms with Crippen LogP contribution in [0.1, 0.15) is 40.0 Å². The Labute approximate surface area is 53.3 Å². The third-order valence-electron chi connectivity index (χ3n) is 1.27. The maximum atomic E-state index is 2.27. The fourth-order valence-corrected chi connectivity index (χ4v) is 0.730. The lowest BCUT2D eigenvalue weighted by molar-refractivity contribution is 0.553. The quantitative estimate of drug-likeness (QED) is 0.388. The molecule has 0 N–H and O–H groups in total. The van der Waals surface area contributed by atoms with Crippen molar-refractivity contribution in [3.63, 3.8) is 0 Å². The largest absolute Gasteiger partial charge is 0.332 e. The van der Waals surface area contributed by atoms with Gasteiger partial charge in [0.15, 0.2) is 0 Å². The zero-order valence-electron chi connectivity index (χ0n) is 6.28. The summed E-state index contributed by atoms with van der Waals surface area (Å²) in [5.41, 5.74) is 0. The summed E-state index contributed by atoms with van der Waals surface area (Å²) in [5.74, 6) is 0.884. The second-order valence-electron chi connectivity index (χ2n) is 2.73. The van der Waals surface area contributed by atoms with E-state index in [1.54, 1.807) is 0 Å². The van der Waals surface area contributed by atoms with Gasteiger partial charge in [0, 0.05) is 0 Å². The molecule has 0 fully saturated rings. The molecule has 0 aromatic carbocycles. The van der Waals surface area contributed by atoms with Gasteiger partial charge in [-0.15, -0.1) is 0 Å². The average Bonchev–Trinajstić information content (AvgIpc) is 1.66. The summed E-state index contributed by atoms with van der Waals surface area (Å²) < 4.78 is 0. The van der Waals surface area contributed by atoms with Gasteiger partial charge in [-0.05, 0) is 5.92 Å². The Morgan fingerprint density at radius 2 is 2.00 bits per heavy atom. The minimum atomic E-state index is 0.884. The fraction of sp³-hybridized carbons (Fsp3) is 0.875. The molecular formula is C8H17-. The molecule has 0 saturated heterocycles. The summed E-state index contributed by atoms with van der Waals surface area (Å²) in [4.78, 5) is 0. The standard InChI is InChI=1S/C8H17/c1-4-5-6-7-8(2)3/h4,8H,5-7H2,1-3H3/q-1. The minimum Gasteiger partial charge on any atom is -0.332 e. The Balaban J connectivity index is 2.72. The van der Waals surface area contributed by atoms with E-state index in [0.29, 0.717) is 0 Å². The molecular weight excluding hydrogens is 96.1 g/mol. The minimum absolute atomic E-state index is 0.884. The molecule has 0 aliphatic rings. The summed E-state index contributed by atoms with van der Waals surface area (Å²) >= 11 is 0. The first kappa shape index (κ1) is 8.00. The molecule has 0 bridgehead atoms. The van der Waals surface area contributed by atoms with E-state index in [2.05, 4.69) is 27.2 Å². The molecule has 0 nitrogen and oxygen atoms in total. The predicted octanol–water partition coefficient (Wildman–Crippen LogP) is 3.04. The maximum Gasteiger partial charge on any atom is -0.0472 e. The first-order valence-corrected chi connectivity index (χ1v) is 3.55. The highest BCUT2D eigenvalue weighted by molar-refractivity contribution is 4.56. The van der Waals surface area contributed by atoms with E-state index >= 15 is 0 Å². The molecule has 0 unspecified atom stereocenters. The van der Waals surface area contributed by atoms with Gasteiger partial charge in [0.05, 0.1) is 0 Å². The van der Waals surface area contributed by atoms with Crippen LogP contribution in [0.2, 0.25) is 0 Å². The van der Waals surface area contributed by atoms with Crippen molar-refractivity contribution < 1.29 is 0 Å². The Hall–Kier alpha value is 0. The van der Waals surface area contributed by atoms with Gasteiger partial charge in [0.1, 0.15) is 0 Å². The van der Waals surface area contributed by atoms with Gasteiger partial charge < -0.3 is 6.42 Å². The van der Waals surface area contributed by atoms with Gasteiger partial charge in [0.25, 0.3) is 0 Å². The molecule has 0 aromatic rings.